The number of fused-ring (bicyclic) bond motifs is 1. The van der Waals surface area contributed by atoms with Crippen LogP contribution in [0.15, 0.2) is 18.2 Å². The van der Waals surface area contributed by atoms with E-state index in [0.717, 1.165) is 35.8 Å². The number of hydrogen-bond acceptors (Lipinski definition) is 4. The standard InChI is InChI=1S/C18H14FN3OS/c1-10-2-4-12-14(9-21)18(24-16(12)6-10)22-17(23)13-5-3-11(8-20)7-15(13)19/h3,5,7,10H,2,4,6H2,1H3,(H,22,23). The predicted molar refractivity (Wildman–Crippen MR) is 89.3 cm³/mol. The Balaban J connectivity index is 1.91. The number of nitrogens with one attached hydrogen (secondary N) is 1. The number of benzene rings is 1. The molecule has 1 N–H and O–H groups in total. The first-order valence-electron chi connectivity index (χ1n) is 7.59. The number of thiophene rings is 1. The van der Waals surface area contributed by atoms with Crippen LogP contribution in [0.3, 0.4) is 0 Å². The molecule has 1 aromatic carbocycles. The molecule has 3 rings (SSSR count). The first-order valence-corrected chi connectivity index (χ1v) is 8.40. The lowest BCUT2D eigenvalue weighted by atomic mass is 9.88. The summed E-state index contributed by atoms with van der Waals surface area (Å²) in [5, 5.41) is 21.3. The number of nitriles is 2. The highest BCUT2D eigenvalue weighted by Gasteiger charge is 2.25. The van der Waals surface area contributed by atoms with Crippen LogP contribution in [0, 0.1) is 34.4 Å². The molecule has 0 saturated heterocycles. The monoisotopic (exact) mass is 339 g/mol. The van der Waals surface area contributed by atoms with Gasteiger partial charge in [0.15, 0.2) is 0 Å². The number of carbonyl (C=O) groups excluding carboxylic acids is 1. The number of anilines is 1. The van der Waals surface area contributed by atoms with Crippen molar-refractivity contribution in [2.75, 3.05) is 5.32 Å². The van der Waals surface area contributed by atoms with Crippen LogP contribution in [0.2, 0.25) is 0 Å². The van der Waals surface area contributed by atoms with Crippen molar-refractivity contribution in [1.82, 2.24) is 0 Å². The van der Waals surface area contributed by atoms with Crippen LogP contribution < -0.4 is 5.32 Å². The van der Waals surface area contributed by atoms with E-state index in [1.807, 2.05) is 6.07 Å². The number of carbonyl (C=O) groups is 1. The molecular weight excluding hydrogens is 325 g/mol. The van der Waals surface area contributed by atoms with Gasteiger partial charge in [-0.1, -0.05) is 6.92 Å². The van der Waals surface area contributed by atoms with Gasteiger partial charge in [-0.05, 0) is 48.9 Å². The Bertz CT molecular complexity index is 904. The highest BCUT2D eigenvalue weighted by Crippen LogP contribution is 2.39. The van der Waals surface area contributed by atoms with Crippen LogP contribution in [0.1, 0.15) is 45.3 Å². The summed E-state index contributed by atoms with van der Waals surface area (Å²) in [7, 11) is 0. The molecule has 1 aromatic heterocycles. The third-order valence-electron chi connectivity index (χ3n) is 4.19. The molecule has 0 radical (unpaired) electrons. The van der Waals surface area contributed by atoms with Crippen LogP contribution in [0.4, 0.5) is 9.39 Å². The Labute approximate surface area is 143 Å². The third kappa shape index (κ3) is 2.89. The average Bonchev–Trinajstić information content (AvgIpc) is 2.90. The Hall–Kier alpha value is -2.70. The molecule has 1 aliphatic carbocycles. The first kappa shape index (κ1) is 16.2. The van der Waals surface area contributed by atoms with E-state index in [9.17, 15) is 14.4 Å². The molecule has 0 spiro atoms. The topological polar surface area (TPSA) is 76.7 Å². The third-order valence-corrected chi connectivity index (χ3v) is 5.36. The lowest BCUT2D eigenvalue weighted by molar-refractivity contribution is 0.102. The molecule has 1 amide bonds. The zero-order chi connectivity index (χ0) is 17.3. The number of halogens is 1. The maximum absolute atomic E-state index is 14.0. The quantitative estimate of drug-likeness (QED) is 0.898. The molecule has 24 heavy (non-hydrogen) atoms. The smallest absolute Gasteiger partial charge is 0.259 e. The fourth-order valence-electron chi connectivity index (χ4n) is 2.90. The molecule has 0 saturated carbocycles. The summed E-state index contributed by atoms with van der Waals surface area (Å²) >= 11 is 1.40. The van der Waals surface area contributed by atoms with E-state index in [1.54, 1.807) is 0 Å². The molecule has 2 aromatic rings. The van der Waals surface area contributed by atoms with Gasteiger partial charge in [-0.2, -0.15) is 10.5 Å². The summed E-state index contributed by atoms with van der Waals surface area (Å²) in [6.07, 6.45) is 2.75. The minimum atomic E-state index is -0.750. The summed E-state index contributed by atoms with van der Waals surface area (Å²) in [5.74, 6) is -0.803. The van der Waals surface area contributed by atoms with Crippen LogP contribution in [0.5, 0.6) is 0 Å². The maximum atomic E-state index is 14.0. The fourth-order valence-corrected chi connectivity index (χ4v) is 4.25. The summed E-state index contributed by atoms with van der Waals surface area (Å²) in [5.41, 5.74) is 1.51. The van der Waals surface area contributed by atoms with E-state index in [2.05, 4.69) is 18.3 Å². The second-order valence-corrected chi connectivity index (χ2v) is 7.03. The van der Waals surface area contributed by atoms with Crippen molar-refractivity contribution in [1.29, 1.82) is 10.5 Å². The molecule has 0 fully saturated rings. The zero-order valence-electron chi connectivity index (χ0n) is 13.0. The highest BCUT2D eigenvalue weighted by molar-refractivity contribution is 7.16. The van der Waals surface area contributed by atoms with E-state index in [4.69, 9.17) is 5.26 Å². The van der Waals surface area contributed by atoms with Gasteiger partial charge in [0.25, 0.3) is 5.91 Å². The van der Waals surface area contributed by atoms with Gasteiger partial charge in [0, 0.05) is 4.88 Å². The molecule has 1 atom stereocenters. The fraction of sp³-hybridized carbons (Fsp3) is 0.278. The molecule has 1 aliphatic rings. The van der Waals surface area contributed by atoms with Crippen molar-refractivity contribution in [3.05, 3.63) is 51.1 Å². The second kappa shape index (κ2) is 6.43. The van der Waals surface area contributed by atoms with Gasteiger partial charge >= 0.3 is 0 Å². The number of nitrogens with zero attached hydrogens (tertiary/aromatic N) is 2. The van der Waals surface area contributed by atoms with Gasteiger partial charge < -0.3 is 5.32 Å². The van der Waals surface area contributed by atoms with Crippen LogP contribution in [-0.2, 0) is 12.8 Å². The molecular formula is C18H14FN3OS. The van der Waals surface area contributed by atoms with Crippen LogP contribution in [-0.4, -0.2) is 5.91 Å². The molecule has 0 aliphatic heterocycles. The predicted octanol–water partition coefficient (Wildman–Crippen LogP) is 4.01. The Morgan fingerprint density at radius 1 is 1.38 bits per heavy atom. The minimum absolute atomic E-state index is 0.141. The normalized spacial score (nSPS) is 15.9. The van der Waals surface area contributed by atoms with E-state index in [0.29, 0.717) is 16.5 Å². The first-order chi connectivity index (χ1) is 11.5. The van der Waals surface area contributed by atoms with E-state index >= 15 is 0 Å². The van der Waals surface area contributed by atoms with Gasteiger partial charge in [-0.25, -0.2) is 4.39 Å². The van der Waals surface area contributed by atoms with E-state index in [-0.39, 0.29) is 11.1 Å². The van der Waals surface area contributed by atoms with Gasteiger partial charge in [-0.15, -0.1) is 11.3 Å². The lowest BCUT2D eigenvalue weighted by Gasteiger charge is -2.17. The van der Waals surface area contributed by atoms with Gasteiger partial charge in [0.2, 0.25) is 0 Å². The van der Waals surface area contributed by atoms with Gasteiger partial charge in [0.1, 0.15) is 16.9 Å². The van der Waals surface area contributed by atoms with Crippen molar-refractivity contribution < 1.29 is 9.18 Å². The highest BCUT2D eigenvalue weighted by atomic mass is 32.1. The summed E-state index contributed by atoms with van der Waals surface area (Å²) < 4.78 is 14.0. The summed E-state index contributed by atoms with van der Waals surface area (Å²) in [6.45, 7) is 2.17. The molecule has 1 unspecified atom stereocenters. The average molecular weight is 339 g/mol. The van der Waals surface area contributed by atoms with Crippen molar-refractivity contribution in [3.63, 3.8) is 0 Å². The molecule has 4 nitrogen and oxygen atoms in total. The summed E-state index contributed by atoms with van der Waals surface area (Å²) in [4.78, 5) is 13.5. The molecule has 6 heteroatoms. The zero-order valence-corrected chi connectivity index (χ0v) is 13.8. The van der Waals surface area contributed by atoms with Crippen LogP contribution in [0.25, 0.3) is 0 Å². The van der Waals surface area contributed by atoms with E-state index in [1.165, 1.54) is 23.5 Å². The lowest BCUT2D eigenvalue weighted by Crippen LogP contribution is -2.14. The van der Waals surface area contributed by atoms with E-state index < -0.39 is 11.7 Å². The van der Waals surface area contributed by atoms with Gasteiger partial charge in [0.05, 0.1) is 22.8 Å². The minimum Gasteiger partial charge on any atom is -0.312 e. The van der Waals surface area contributed by atoms with Crippen molar-refractivity contribution >= 4 is 22.2 Å². The van der Waals surface area contributed by atoms with Crippen LogP contribution >= 0.6 is 11.3 Å². The second-order valence-electron chi connectivity index (χ2n) is 5.93. The number of rotatable bonds is 2. The summed E-state index contributed by atoms with van der Waals surface area (Å²) in [6, 6.07) is 7.70. The Morgan fingerprint density at radius 2 is 2.17 bits per heavy atom. The van der Waals surface area contributed by atoms with Crippen molar-refractivity contribution in [3.8, 4) is 12.1 Å². The number of hydrogen-bond donors (Lipinski definition) is 1. The Morgan fingerprint density at radius 3 is 2.83 bits per heavy atom. The SMILES string of the molecule is CC1CCc2c(sc(NC(=O)c3ccc(C#N)cc3F)c2C#N)C1. The van der Waals surface area contributed by atoms with Crippen molar-refractivity contribution in [2.24, 2.45) is 5.92 Å². The van der Waals surface area contributed by atoms with Crippen molar-refractivity contribution in [2.45, 2.75) is 26.2 Å². The molecule has 120 valence electrons. The largest absolute Gasteiger partial charge is 0.312 e. The van der Waals surface area contributed by atoms with Gasteiger partial charge in [-0.3, -0.25) is 4.79 Å². The Kier molecular flexibility index (Phi) is 4.33. The molecule has 0 bridgehead atoms. The number of amides is 1. The maximum Gasteiger partial charge on any atom is 0.259 e. The molecule has 1 heterocycles.